The van der Waals surface area contributed by atoms with Crippen molar-refractivity contribution in [2.45, 2.75) is 102 Å². The van der Waals surface area contributed by atoms with Crippen LogP contribution in [0.2, 0.25) is 0 Å². The van der Waals surface area contributed by atoms with Crippen molar-refractivity contribution < 1.29 is 29.6 Å². The fourth-order valence-electron chi connectivity index (χ4n) is 4.45. The minimum atomic E-state index is -1.36. The molecule has 2 aliphatic heterocycles. The second-order valence-electron chi connectivity index (χ2n) is 9.11. The topological polar surface area (TPSA) is 120 Å². The third-order valence-corrected chi connectivity index (χ3v) is 6.37. The first kappa shape index (κ1) is 25.5. The van der Waals surface area contributed by atoms with Crippen LogP contribution in [0.4, 0.5) is 0 Å². The molecule has 0 aliphatic carbocycles. The predicted molar refractivity (Wildman–Crippen MR) is 114 cm³/mol. The average molecular weight is 431 g/mol. The molecule has 2 heterocycles. The first-order chi connectivity index (χ1) is 14.3. The van der Waals surface area contributed by atoms with Gasteiger partial charge in [0.15, 0.2) is 0 Å². The highest BCUT2D eigenvalue weighted by atomic mass is 16.6. The summed E-state index contributed by atoms with van der Waals surface area (Å²) in [5.74, 6) is 0.365. The second kappa shape index (κ2) is 12.3. The van der Waals surface area contributed by atoms with Crippen LogP contribution in [0.15, 0.2) is 0 Å². The third kappa shape index (κ3) is 6.61. The molecule has 0 radical (unpaired) electrons. The second-order valence-corrected chi connectivity index (χ2v) is 9.11. The maximum atomic E-state index is 12.9. The number of hydrogen-bond acceptors (Lipinski definition) is 7. The summed E-state index contributed by atoms with van der Waals surface area (Å²) >= 11 is 0. The Balaban J connectivity index is 1.99. The van der Waals surface area contributed by atoms with Crippen LogP contribution in [0, 0.1) is 11.8 Å². The van der Waals surface area contributed by atoms with Gasteiger partial charge < -0.3 is 35.4 Å². The molecule has 0 aromatic rings. The molecule has 0 aromatic carbocycles. The molecule has 2 aliphatic rings. The number of unbranched alkanes of at least 4 members (excludes halogenated alkanes) is 2. The Kier molecular flexibility index (Phi) is 10.5. The molecule has 176 valence electrons. The molecule has 8 heteroatoms. The van der Waals surface area contributed by atoms with E-state index >= 15 is 0 Å². The largest absolute Gasteiger partial charge is 0.388 e. The monoisotopic (exact) mass is 430 g/mol. The summed E-state index contributed by atoms with van der Waals surface area (Å²) in [6, 6.07) is -0.756. The molecule has 2 saturated heterocycles. The highest BCUT2D eigenvalue weighted by Gasteiger charge is 2.48. The van der Waals surface area contributed by atoms with Gasteiger partial charge in [0.25, 0.3) is 0 Å². The van der Waals surface area contributed by atoms with Crippen molar-refractivity contribution in [2.24, 2.45) is 11.8 Å². The summed E-state index contributed by atoms with van der Waals surface area (Å²) in [6.45, 7) is 9.30. The van der Waals surface area contributed by atoms with Crippen LogP contribution in [0.3, 0.4) is 0 Å². The minimum Gasteiger partial charge on any atom is -0.388 e. The minimum absolute atomic E-state index is 0.0365. The number of aliphatic hydroxyl groups is 3. The van der Waals surface area contributed by atoms with Crippen LogP contribution in [0.1, 0.15) is 59.8 Å². The van der Waals surface area contributed by atoms with E-state index in [1.54, 1.807) is 0 Å². The molecule has 2 rings (SSSR count). The van der Waals surface area contributed by atoms with E-state index in [2.05, 4.69) is 17.6 Å². The highest BCUT2D eigenvalue weighted by molar-refractivity contribution is 5.82. The smallest absolute Gasteiger partial charge is 0.237 e. The van der Waals surface area contributed by atoms with Crippen molar-refractivity contribution in [3.8, 4) is 0 Å². The molecule has 0 aromatic heterocycles. The summed E-state index contributed by atoms with van der Waals surface area (Å²) in [5, 5.41) is 37.5. The normalized spacial score (nSPS) is 35.5. The van der Waals surface area contributed by atoms with Crippen molar-refractivity contribution in [3.63, 3.8) is 0 Å². The molecule has 5 N–H and O–H groups in total. The van der Waals surface area contributed by atoms with E-state index in [1.807, 2.05) is 20.8 Å². The van der Waals surface area contributed by atoms with Crippen LogP contribution in [-0.4, -0.2) is 83.6 Å². The molecule has 8 atom stereocenters. The molecule has 0 saturated carbocycles. The number of carbonyl (C=O) groups is 1. The van der Waals surface area contributed by atoms with E-state index < -0.39 is 36.6 Å². The predicted octanol–water partition coefficient (Wildman–Crippen LogP) is 0.572. The summed E-state index contributed by atoms with van der Waals surface area (Å²) in [5.41, 5.74) is 0. The summed E-state index contributed by atoms with van der Waals surface area (Å²) in [7, 11) is 0. The van der Waals surface area contributed by atoms with E-state index in [-0.39, 0.29) is 24.5 Å². The standard InChI is InChI=1S/C22H42N2O6/c1-5-7-8-9-14-10-15(23-11-14)22(28)24-17(13(3)4)21-20(27)19(26)18(25)16(30-21)12-29-6-2/h13-21,23,25-27H,5-12H2,1-4H3,(H,24,28). The number of amides is 1. The van der Waals surface area contributed by atoms with Crippen molar-refractivity contribution in [3.05, 3.63) is 0 Å². The lowest BCUT2D eigenvalue weighted by Gasteiger charge is -2.44. The summed E-state index contributed by atoms with van der Waals surface area (Å²) in [6.07, 6.45) is 0.0317. The molecular formula is C22H42N2O6. The fraction of sp³-hybridized carbons (Fsp3) is 0.955. The Morgan fingerprint density at radius 2 is 1.90 bits per heavy atom. The number of carbonyl (C=O) groups excluding carboxylic acids is 1. The van der Waals surface area contributed by atoms with Gasteiger partial charge in [0.1, 0.15) is 30.5 Å². The Morgan fingerprint density at radius 3 is 2.53 bits per heavy atom. The van der Waals surface area contributed by atoms with Gasteiger partial charge in [0, 0.05) is 6.61 Å². The maximum Gasteiger partial charge on any atom is 0.237 e. The number of hydrogen-bond donors (Lipinski definition) is 5. The molecule has 1 amide bonds. The summed E-state index contributed by atoms with van der Waals surface area (Å²) in [4.78, 5) is 12.9. The highest BCUT2D eigenvalue weighted by Crippen LogP contribution is 2.27. The molecular weight excluding hydrogens is 388 g/mol. The van der Waals surface area contributed by atoms with Crippen LogP contribution in [-0.2, 0) is 14.3 Å². The lowest BCUT2D eigenvalue weighted by Crippen LogP contribution is -2.65. The maximum absolute atomic E-state index is 12.9. The van der Waals surface area contributed by atoms with Gasteiger partial charge in [-0.05, 0) is 38.1 Å². The van der Waals surface area contributed by atoms with Crippen molar-refractivity contribution >= 4 is 5.91 Å². The number of nitrogens with one attached hydrogen (secondary N) is 2. The molecule has 30 heavy (non-hydrogen) atoms. The number of aliphatic hydroxyl groups excluding tert-OH is 3. The van der Waals surface area contributed by atoms with E-state index in [0.717, 1.165) is 19.4 Å². The van der Waals surface area contributed by atoms with Crippen molar-refractivity contribution in [2.75, 3.05) is 19.8 Å². The molecule has 0 bridgehead atoms. The fourth-order valence-corrected chi connectivity index (χ4v) is 4.45. The lowest BCUT2D eigenvalue weighted by atomic mass is 9.86. The van der Waals surface area contributed by atoms with Gasteiger partial charge >= 0.3 is 0 Å². The SMILES string of the molecule is CCCCCC1CNC(C(=O)NC(C(C)C)C2OC(COCC)C(O)C(O)C2O)C1. The molecule has 8 nitrogen and oxygen atoms in total. The molecule has 0 spiro atoms. The molecule has 2 fully saturated rings. The number of rotatable bonds is 11. The Labute approximate surface area is 180 Å². The third-order valence-electron chi connectivity index (χ3n) is 6.37. The van der Waals surface area contributed by atoms with Crippen LogP contribution in [0.25, 0.3) is 0 Å². The van der Waals surface area contributed by atoms with Crippen molar-refractivity contribution in [1.82, 2.24) is 10.6 Å². The zero-order valence-corrected chi connectivity index (χ0v) is 18.9. The van der Waals surface area contributed by atoms with E-state index in [9.17, 15) is 20.1 Å². The van der Waals surface area contributed by atoms with Crippen molar-refractivity contribution in [1.29, 1.82) is 0 Å². The first-order valence-electron chi connectivity index (χ1n) is 11.6. The van der Waals surface area contributed by atoms with Gasteiger partial charge in [-0.2, -0.15) is 0 Å². The van der Waals surface area contributed by atoms with Crippen LogP contribution >= 0.6 is 0 Å². The van der Waals surface area contributed by atoms with E-state index in [1.165, 1.54) is 19.3 Å². The van der Waals surface area contributed by atoms with Crippen LogP contribution < -0.4 is 10.6 Å². The lowest BCUT2D eigenvalue weighted by molar-refractivity contribution is -0.240. The van der Waals surface area contributed by atoms with Gasteiger partial charge in [0.2, 0.25) is 5.91 Å². The van der Waals surface area contributed by atoms with Crippen LogP contribution in [0.5, 0.6) is 0 Å². The van der Waals surface area contributed by atoms with E-state index in [4.69, 9.17) is 9.47 Å². The average Bonchev–Trinajstić information content (AvgIpc) is 3.19. The van der Waals surface area contributed by atoms with Gasteiger partial charge in [0.05, 0.1) is 18.7 Å². The first-order valence-corrected chi connectivity index (χ1v) is 11.6. The zero-order valence-electron chi connectivity index (χ0n) is 18.9. The Hall–Kier alpha value is -0.770. The summed E-state index contributed by atoms with van der Waals surface area (Å²) < 4.78 is 11.3. The Bertz CT molecular complexity index is 520. The molecule has 8 unspecified atom stereocenters. The van der Waals surface area contributed by atoms with E-state index in [0.29, 0.717) is 12.5 Å². The van der Waals surface area contributed by atoms with Gasteiger partial charge in [-0.15, -0.1) is 0 Å². The van der Waals surface area contributed by atoms with Gasteiger partial charge in [-0.3, -0.25) is 4.79 Å². The Morgan fingerprint density at radius 1 is 1.17 bits per heavy atom. The van der Waals surface area contributed by atoms with Gasteiger partial charge in [-0.1, -0.05) is 40.0 Å². The zero-order chi connectivity index (χ0) is 22.3. The quantitative estimate of drug-likeness (QED) is 0.304. The number of ether oxygens (including phenoxy) is 2. The van der Waals surface area contributed by atoms with Gasteiger partial charge in [-0.25, -0.2) is 0 Å².